The van der Waals surface area contributed by atoms with Gasteiger partial charge in [-0.05, 0) is 38.3 Å². The molecule has 0 saturated heterocycles. The number of thioether (sulfide) groups is 1. The standard InChI is InChI=1S/C11H20N2S2/c1-8(7-14-4)5-12-6-11-9(2)13-10(3)15-11/h8,12H,5-7H2,1-4H3. The van der Waals surface area contributed by atoms with Crippen LogP contribution in [0.25, 0.3) is 0 Å². The minimum Gasteiger partial charge on any atom is -0.311 e. The van der Waals surface area contributed by atoms with Crippen molar-refractivity contribution in [2.75, 3.05) is 18.6 Å². The monoisotopic (exact) mass is 244 g/mol. The smallest absolute Gasteiger partial charge is 0.0900 e. The minimum absolute atomic E-state index is 0.745. The number of aromatic nitrogens is 1. The van der Waals surface area contributed by atoms with Crippen LogP contribution in [-0.4, -0.2) is 23.5 Å². The van der Waals surface area contributed by atoms with Crippen LogP contribution in [-0.2, 0) is 6.54 Å². The first kappa shape index (κ1) is 13.0. The molecule has 1 unspecified atom stereocenters. The van der Waals surface area contributed by atoms with E-state index in [1.54, 1.807) is 11.3 Å². The van der Waals surface area contributed by atoms with Gasteiger partial charge in [-0.15, -0.1) is 11.3 Å². The van der Waals surface area contributed by atoms with Crippen molar-refractivity contribution in [1.82, 2.24) is 10.3 Å². The first-order valence-corrected chi connectivity index (χ1v) is 7.47. The number of nitrogens with one attached hydrogen (secondary N) is 1. The highest BCUT2D eigenvalue weighted by Crippen LogP contribution is 2.16. The molecule has 4 heteroatoms. The molecular weight excluding hydrogens is 224 g/mol. The second kappa shape index (κ2) is 6.51. The second-order valence-corrected chi connectivity index (χ2v) is 6.13. The van der Waals surface area contributed by atoms with Gasteiger partial charge in [0.05, 0.1) is 10.7 Å². The number of rotatable bonds is 6. The molecule has 0 fully saturated rings. The van der Waals surface area contributed by atoms with E-state index < -0.39 is 0 Å². The van der Waals surface area contributed by atoms with Crippen LogP contribution in [0.5, 0.6) is 0 Å². The fraction of sp³-hybridized carbons (Fsp3) is 0.727. The Bertz CT molecular complexity index is 297. The summed E-state index contributed by atoms with van der Waals surface area (Å²) in [5, 5.41) is 4.67. The van der Waals surface area contributed by atoms with Gasteiger partial charge in [0.25, 0.3) is 0 Å². The molecule has 1 heterocycles. The van der Waals surface area contributed by atoms with Crippen molar-refractivity contribution in [3.8, 4) is 0 Å². The summed E-state index contributed by atoms with van der Waals surface area (Å²) in [4.78, 5) is 5.80. The van der Waals surface area contributed by atoms with Crippen LogP contribution < -0.4 is 5.32 Å². The summed E-state index contributed by atoms with van der Waals surface area (Å²) in [6.07, 6.45) is 2.16. The Morgan fingerprint density at radius 1 is 1.47 bits per heavy atom. The maximum Gasteiger partial charge on any atom is 0.0900 e. The molecule has 1 aromatic rings. The van der Waals surface area contributed by atoms with Crippen molar-refractivity contribution in [2.45, 2.75) is 27.3 Å². The van der Waals surface area contributed by atoms with E-state index in [4.69, 9.17) is 0 Å². The van der Waals surface area contributed by atoms with E-state index in [1.807, 2.05) is 11.8 Å². The van der Waals surface area contributed by atoms with Gasteiger partial charge < -0.3 is 5.32 Å². The summed E-state index contributed by atoms with van der Waals surface area (Å²) in [6, 6.07) is 0. The zero-order chi connectivity index (χ0) is 11.3. The van der Waals surface area contributed by atoms with Crippen molar-refractivity contribution in [1.29, 1.82) is 0 Å². The average Bonchev–Trinajstić information content (AvgIpc) is 2.46. The number of nitrogens with zero attached hydrogens (tertiary/aromatic N) is 1. The minimum atomic E-state index is 0.745. The second-order valence-electron chi connectivity index (χ2n) is 3.93. The summed E-state index contributed by atoms with van der Waals surface area (Å²) in [6.45, 7) is 8.50. The van der Waals surface area contributed by atoms with Crippen LogP contribution >= 0.6 is 23.1 Å². The van der Waals surface area contributed by atoms with E-state index in [-0.39, 0.29) is 0 Å². The molecule has 0 saturated carbocycles. The SMILES string of the molecule is CSCC(C)CNCc1sc(C)nc1C. The molecule has 0 aliphatic heterocycles. The molecule has 0 spiro atoms. The van der Waals surface area contributed by atoms with E-state index in [0.29, 0.717) is 0 Å². The lowest BCUT2D eigenvalue weighted by Gasteiger charge is -2.10. The van der Waals surface area contributed by atoms with Gasteiger partial charge in [0.15, 0.2) is 0 Å². The quantitative estimate of drug-likeness (QED) is 0.833. The van der Waals surface area contributed by atoms with Gasteiger partial charge in [-0.1, -0.05) is 6.92 Å². The van der Waals surface area contributed by atoms with Crippen molar-refractivity contribution in [3.05, 3.63) is 15.6 Å². The topological polar surface area (TPSA) is 24.9 Å². The third-order valence-corrected chi connectivity index (χ3v) is 4.20. The Balaban J connectivity index is 2.28. The number of thiazole rings is 1. The number of hydrogen-bond donors (Lipinski definition) is 1. The molecule has 1 aromatic heterocycles. The molecule has 0 aliphatic carbocycles. The predicted molar refractivity (Wildman–Crippen MR) is 70.8 cm³/mol. The summed E-state index contributed by atoms with van der Waals surface area (Å²) in [7, 11) is 0. The highest BCUT2D eigenvalue weighted by molar-refractivity contribution is 7.98. The summed E-state index contributed by atoms with van der Waals surface area (Å²) in [5.74, 6) is 1.97. The van der Waals surface area contributed by atoms with Crippen molar-refractivity contribution >= 4 is 23.1 Å². The third kappa shape index (κ3) is 4.53. The van der Waals surface area contributed by atoms with Gasteiger partial charge in [0.1, 0.15) is 0 Å². The van der Waals surface area contributed by atoms with Crippen molar-refractivity contribution in [2.24, 2.45) is 5.92 Å². The average molecular weight is 244 g/mol. The molecule has 0 aliphatic rings. The van der Waals surface area contributed by atoms with Crippen molar-refractivity contribution in [3.63, 3.8) is 0 Å². The fourth-order valence-electron chi connectivity index (χ4n) is 1.51. The first-order chi connectivity index (χ1) is 7.13. The van der Waals surface area contributed by atoms with Gasteiger partial charge >= 0.3 is 0 Å². The highest BCUT2D eigenvalue weighted by atomic mass is 32.2. The van der Waals surface area contributed by atoms with Crippen LogP contribution in [0, 0.1) is 19.8 Å². The maximum atomic E-state index is 4.42. The molecule has 0 bridgehead atoms. The van der Waals surface area contributed by atoms with E-state index in [2.05, 4.69) is 37.3 Å². The summed E-state index contributed by atoms with van der Waals surface area (Å²) < 4.78 is 0. The maximum absolute atomic E-state index is 4.42. The van der Waals surface area contributed by atoms with Crippen LogP contribution in [0.2, 0.25) is 0 Å². The zero-order valence-electron chi connectivity index (χ0n) is 9.96. The van der Waals surface area contributed by atoms with Gasteiger partial charge in [-0.25, -0.2) is 4.98 Å². The summed E-state index contributed by atoms with van der Waals surface area (Å²) in [5.41, 5.74) is 1.18. The highest BCUT2D eigenvalue weighted by Gasteiger charge is 2.05. The number of hydrogen-bond acceptors (Lipinski definition) is 4. The molecular formula is C11H20N2S2. The van der Waals surface area contributed by atoms with Crippen LogP contribution in [0.15, 0.2) is 0 Å². The lowest BCUT2D eigenvalue weighted by molar-refractivity contribution is 0.561. The van der Waals surface area contributed by atoms with Crippen molar-refractivity contribution < 1.29 is 0 Å². The summed E-state index contributed by atoms with van der Waals surface area (Å²) >= 11 is 3.71. The van der Waals surface area contributed by atoms with Gasteiger partial charge in [-0.3, -0.25) is 0 Å². The van der Waals surface area contributed by atoms with Gasteiger partial charge in [0.2, 0.25) is 0 Å². The van der Waals surface area contributed by atoms with E-state index >= 15 is 0 Å². The Hall–Kier alpha value is -0.0600. The molecule has 0 radical (unpaired) electrons. The van der Waals surface area contributed by atoms with Gasteiger partial charge in [-0.2, -0.15) is 11.8 Å². The first-order valence-electron chi connectivity index (χ1n) is 5.26. The molecule has 0 aromatic carbocycles. The van der Waals surface area contributed by atoms with E-state index in [0.717, 1.165) is 19.0 Å². The molecule has 1 N–H and O–H groups in total. The Labute approximate surface area is 101 Å². The largest absolute Gasteiger partial charge is 0.311 e. The Morgan fingerprint density at radius 2 is 2.20 bits per heavy atom. The number of aryl methyl sites for hydroxylation is 2. The Kier molecular flexibility index (Phi) is 5.64. The fourth-order valence-corrected chi connectivity index (χ4v) is 3.11. The third-order valence-electron chi connectivity index (χ3n) is 2.23. The zero-order valence-corrected chi connectivity index (χ0v) is 11.6. The molecule has 1 atom stereocenters. The van der Waals surface area contributed by atoms with Gasteiger partial charge in [0, 0.05) is 11.4 Å². The van der Waals surface area contributed by atoms with Crippen LogP contribution in [0.3, 0.4) is 0 Å². The molecule has 86 valence electrons. The lowest BCUT2D eigenvalue weighted by Crippen LogP contribution is -2.21. The molecule has 15 heavy (non-hydrogen) atoms. The Morgan fingerprint density at radius 3 is 2.73 bits per heavy atom. The molecule has 1 rings (SSSR count). The normalized spacial score (nSPS) is 13.1. The van der Waals surface area contributed by atoms with Crippen LogP contribution in [0.4, 0.5) is 0 Å². The molecule has 2 nitrogen and oxygen atoms in total. The van der Waals surface area contributed by atoms with E-state index in [9.17, 15) is 0 Å². The van der Waals surface area contributed by atoms with Crippen LogP contribution in [0.1, 0.15) is 22.5 Å². The van der Waals surface area contributed by atoms with E-state index in [1.165, 1.54) is 21.3 Å². The molecule has 0 amide bonds. The lowest BCUT2D eigenvalue weighted by atomic mass is 10.2. The predicted octanol–water partition coefficient (Wildman–Crippen LogP) is 2.85.